The maximum absolute atomic E-state index is 12.3. The van der Waals surface area contributed by atoms with Crippen molar-refractivity contribution in [3.05, 3.63) is 23.8 Å². The van der Waals surface area contributed by atoms with Crippen molar-refractivity contribution in [1.82, 2.24) is 5.32 Å². The van der Waals surface area contributed by atoms with E-state index in [0.29, 0.717) is 0 Å². The van der Waals surface area contributed by atoms with Gasteiger partial charge in [0.05, 0.1) is 13.2 Å². The van der Waals surface area contributed by atoms with E-state index in [9.17, 15) is 18.4 Å². The van der Waals surface area contributed by atoms with Crippen LogP contribution >= 0.6 is 0 Å². The predicted octanol–water partition coefficient (Wildman–Crippen LogP) is 1.98. The van der Waals surface area contributed by atoms with Crippen LogP contribution in [0.1, 0.15) is 24.2 Å². The number of benzene rings is 1. The zero-order valence-corrected chi connectivity index (χ0v) is 12.4. The molecule has 0 aliphatic rings. The van der Waals surface area contributed by atoms with Crippen LogP contribution in [0.4, 0.5) is 8.78 Å². The molecule has 0 aliphatic carbocycles. The number of esters is 1. The molecule has 0 saturated heterocycles. The molecule has 0 atom stereocenters. The molecule has 0 spiro atoms. The highest BCUT2D eigenvalue weighted by Crippen LogP contribution is 2.30. The van der Waals surface area contributed by atoms with Crippen molar-refractivity contribution < 1.29 is 32.6 Å². The molecule has 0 bridgehead atoms. The number of ether oxygens (including phenoxy) is 3. The average molecular weight is 317 g/mol. The number of halogens is 2. The summed E-state index contributed by atoms with van der Waals surface area (Å²) in [6.45, 7) is 0.102. The van der Waals surface area contributed by atoms with Crippen LogP contribution in [0.2, 0.25) is 0 Å². The number of nitrogens with one attached hydrogen (secondary N) is 1. The van der Waals surface area contributed by atoms with E-state index in [1.54, 1.807) is 13.8 Å². The Morgan fingerprint density at radius 3 is 2.41 bits per heavy atom. The van der Waals surface area contributed by atoms with E-state index in [0.717, 1.165) is 0 Å². The van der Waals surface area contributed by atoms with E-state index in [-0.39, 0.29) is 29.7 Å². The van der Waals surface area contributed by atoms with Crippen LogP contribution in [-0.2, 0) is 9.53 Å². The van der Waals surface area contributed by atoms with Crippen molar-refractivity contribution in [3.63, 3.8) is 0 Å². The maximum Gasteiger partial charge on any atom is 0.387 e. The highest BCUT2D eigenvalue weighted by molar-refractivity contribution is 5.96. The van der Waals surface area contributed by atoms with E-state index in [2.05, 4.69) is 14.8 Å². The topological polar surface area (TPSA) is 73.9 Å². The predicted molar refractivity (Wildman–Crippen MR) is 73.2 cm³/mol. The van der Waals surface area contributed by atoms with Crippen molar-refractivity contribution in [3.8, 4) is 11.5 Å². The number of amides is 1. The zero-order valence-electron chi connectivity index (χ0n) is 12.4. The fraction of sp³-hybridized carbons (Fsp3) is 0.429. The minimum absolute atomic E-state index is 0.0148. The Labute approximate surface area is 126 Å². The minimum atomic E-state index is -3.01. The zero-order chi connectivity index (χ0) is 16.7. The Morgan fingerprint density at radius 2 is 1.86 bits per heavy atom. The number of carbonyl (C=O) groups is 2. The van der Waals surface area contributed by atoms with Crippen molar-refractivity contribution >= 4 is 11.9 Å². The summed E-state index contributed by atoms with van der Waals surface area (Å²) >= 11 is 0. The second-order valence-corrected chi connectivity index (χ2v) is 4.47. The van der Waals surface area contributed by atoms with Crippen molar-refractivity contribution in [2.24, 2.45) is 0 Å². The standard InChI is InChI=1S/C14H17F2NO5/c1-8(2)21-11-6-9(4-5-10(11)22-14(15)16)13(19)17-7-12(18)20-3/h4-6,8,14H,7H2,1-3H3,(H,17,19). The van der Waals surface area contributed by atoms with Crippen LogP contribution in [0.5, 0.6) is 11.5 Å². The molecule has 1 N–H and O–H groups in total. The number of hydrogen-bond acceptors (Lipinski definition) is 5. The molecule has 1 amide bonds. The van der Waals surface area contributed by atoms with Crippen molar-refractivity contribution in [1.29, 1.82) is 0 Å². The lowest BCUT2D eigenvalue weighted by atomic mass is 10.2. The molecule has 0 saturated carbocycles. The Bertz CT molecular complexity index is 534. The Hall–Kier alpha value is -2.38. The Morgan fingerprint density at radius 1 is 1.18 bits per heavy atom. The van der Waals surface area contributed by atoms with Gasteiger partial charge in [-0.1, -0.05) is 0 Å². The van der Waals surface area contributed by atoms with Gasteiger partial charge < -0.3 is 19.5 Å². The van der Waals surface area contributed by atoms with Gasteiger partial charge in [-0.05, 0) is 32.0 Å². The number of rotatable bonds is 7. The fourth-order valence-corrected chi connectivity index (χ4v) is 1.52. The highest BCUT2D eigenvalue weighted by atomic mass is 19.3. The van der Waals surface area contributed by atoms with Gasteiger partial charge in [-0.15, -0.1) is 0 Å². The first kappa shape index (κ1) is 17.7. The minimum Gasteiger partial charge on any atom is -0.487 e. The van der Waals surface area contributed by atoms with E-state index >= 15 is 0 Å². The van der Waals surface area contributed by atoms with Crippen molar-refractivity contribution in [2.45, 2.75) is 26.6 Å². The smallest absolute Gasteiger partial charge is 0.387 e. The number of methoxy groups -OCH3 is 1. The van der Waals surface area contributed by atoms with Crippen LogP contribution in [0.15, 0.2) is 18.2 Å². The monoisotopic (exact) mass is 317 g/mol. The third-order valence-corrected chi connectivity index (χ3v) is 2.41. The molecule has 0 radical (unpaired) electrons. The molecule has 0 aliphatic heterocycles. The molecular weight excluding hydrogens is 300 g/mol. The normalized spacial score (nSPS) is 10.5. The number of alkyl halides is 2. The van der Waals surface area contributed by atoms with E-state index in [1.807, 2.05) is 0 Å². The van der Waals surface area contributed by atoms with Crippen LogP contribution < -0.4 is 14.8 Å². The molecule has 1 rings (SSSR count). The van der Waals surface area contributed by atoms with Gasteiger partial charge in [-0.2, -0.15) is 8.78 Å². The molecule has 0 heterocycles. The van der Waals surface area contributed by atoms with Gasteiger partial charge in [-0.3, -0.25) is 9.59 Å². The summed E-state index contributed by atoms with van der Waals surface area (Å²) in [4.78, 5) is 22.8. The first-order valence-corrected chi connectivity index (χ1v) is 6.44. The molecule has 0 fully saturated rings. The van der Waals surface area contributed by atoms with Gasteiger partial charge in [-0.25, -0.2) is 0 Å². The first-order chi connectivity index (χ1) is 10.3. The van der Waals surface area contributed by atoms with E-state index in [4.69, 9.17) is 4.74 Å². The van der Waals surface area contributed by atoms with Gasteiger partial charge in [0.25, 0.3) is 5.91 Å². The molecule has 6 nitrogen and oxygen atoms in total. The summed E-state index contributed by atoms with van der Waals surface area (Å²) in [7, 11) is 1.19. The third kappa shape index (κ3) is 5.55. The fourth-order valence-electron chi connectivity index (χ4n) is 1.52. The van der Waals surface area contributed by atoms with Gasteiger partial charge in [0.1, 0.15) is 6.54 Å². The quantitative estimate of drug-likeness (QED) is 0.778. The van der Waals surface area contributed by atoms with Crippen LogP contribution in [0, 0.1) is 0 Å². The Balaban J connectivity index is 2.92. The molecule has 1 aromatic rings. The summed E-state index contributed by atoms with van der Waals surface area (Å²) in [5.74, 6) is -1.33. The van der Waals surface area contributed by atoms with Gasteiger partial charge >= 0.3 is 12.6 Å². The maximum atomic E-state index is 12.3. The second kappa shape index (κ2) is 8.16. The summed E-state index contributed by atoms with van der Waals surface area (Å²) in [5, 5.41) is 2.33. The van der Waals surface area contributed by atoms with Gasteiger partial charge in [0.15, 0.2) is 11.5 Å². The summed E-state index contributed by atoms with van der Waals surface area (Å²) in [6.07, 6.45) is -0.298. The Kier molecular flexibility index (Phi) is 6.55. The molecular formula is C14H17F2NO5. The second-order valence-electron chi connectivity index (χ2n) is 4.47. The average Bonchev–Trinajstić information content (AvgIpc) is 2.45. The molecule has 8 heteroatoms. The lowest BCUT2D eigenvalue weighted by Crippen LogP contribution is -2.30. The largest absolute Gasteiger partial charge is 0.487 e. The van der Waals surface area contributed by atoms with Crippen LogP contribution in [0.25, 0.3) is 0 Å². The molecule has 122 valence electrons. The number of carbonyl (C=O) groups excluding carboxylic acids is 2. The lowest BCUT2D eigenvalue weighted by Gasteiger charge is -2.15. The molecule has 0 unspecified atom stereocenters. The molecule has 1 aromatic carbocycles. The first-order valence-electron chi connectivity index (χ1n) is 6.44. The van der Waals surface area contributed by atoms with Gasteiger partial charge in [0.2, 0.25) is 0 Å². The van der Waals surface area contributed by atoms with Crippen molar-refractivity contribution in [2.75, 3.05) is 13.7 Å². The summed E-state index contributed by atoms with van der Waals surface area (Å²) < 4.78 is 38.8. The number of hydrogen-bond donors (Lipinski definition) is 1. The van der Waals surface area contributed by atoms with E-state index in [1.165, 1.54) is 25.3 Å². The van der Waals surface area contributed by atoms with Gasteiger partial charge in [0, 0.05) is 5.56 Å². The lowest BCUT2D eigenvalue weighted by molar-refractivity contribution is -0.139. The summed E-state index contributed by atoms with van der Waals surface area (Å²) in [6, 6.07) is 3.76. The molecule has 22 heavy (non-hydrogen) atoms. The summed E-state index contributed by atoms with van der Waals surface area (Å²) in [5.41, 5.74) is 0.140. The SMILES string of the molecule is COC(=O)CNC(=O)c1ccc(OC(F)F)c(OC(C)C)c1. The van der Waals surface area contributed by atoms with E-state index < -0.39 is 18.5 Å². The third-order valence-electron chi connectivity index (χ3n) is 2.41. The van der Waals surface area contributed by atoms with Crippen LogP contribution in [-0.4, -0.2) is 38.2 Å². The van der Waals surface area contributed by atoms with Crippen LogP contribution in [0.3, 0.4) is 0 Å². The highest BCUT2D eigenvalue weighted by Gasteiger charge is 2.16. The molecule has 0 aromatic heterocycles.